The van der Waals surface area contributed by atoms with Crippen molar-refractivity contribution in [2.45, 2.75) is 31.5 Å². The second kappa shape index (κ2) is 9.17. The molecule has 0 aliphatic carbocycles. The summed E-state index contributed by atoms with van der Waals surface area (Å²) in [6, 6.07) is 10.6. The molecule has 3 aromatic rings. The standard InChI is InChI=1S/C21H23N5O3S/c1-15(27)16-6-8-17(9-7-16)22-19(28)14-30-21-24-23-20(25-10-2-3-11-25)26(21)13-18-5-4-12-29-18/h4-9,12H,2-3,10-11,13-14H2,1H3,(H,22,28). The molecule has 8 nitrogen and oxygen atoms in total. The van der Waals surface area contributed by atoms with Crippen molar-refractivity contribution < 1.29 is 14.0 Å². The van der Waals surface area contributed by atoms with Crippen LogP contribution in [0.25, 0.3) is 0 Å². The van der Waals surface area contributed by atoms with E-state index in [-0.39, 0.29) is 17.4 Å². The molecule has 2 aromatic heterocycles. The molecular weight excluding hydrogens is 402 g/mol. The summed E-state index contributed by atoms with van der Waals surface area (Å²) in [7, 11) is 0. The molecule has 0 saturated carbocycles. The number of aromatic nitrogens is 3. The largest absolute Gasteiger partial charge is 0.467 e. The van der Waals surface area contributed by atoms with Gasteiger partial charge in [0.05, 0.1) is 18.6 Å². The highest BCUT2D eigenvalue weighted by atomic mass is 32.2. The molecule has 1 N–H and O–H groups in total. The minimum absolute atomic E-state index is 0.00636. The van der Waals surface area contributed by atoms with E-state index in [1.165, 1.54) is 18.7 Å². The monoisotopic (exact) mass is 425 g/mol. The molecule has 1 aliphatic rings. The van der Waals surface area contributed by atoms with Gasteiger partial charge in [-0.3, -0.25) is 14.2 Å². The summed E-state index contributed by atoms with van der Waals surface area (Å²) in [4.78, 5) is 26.0. The third-order valence-corrected chi connectivity index (χ3v) is 5.85. The second-order valence-electron chi connectivity index (χ2n) is 7.11. The van der Waals surface area contributed by atoms with E-state index in [0.717, 1.165) is 37.6 Å². The number of nitrogens with zero attached hydrogens (tertiary/aromatic N) is 4. The number of carbonyl (C=O) groups excluding carboxylic acids is 2. The molecule has 1 aromatic carbocycles. The van der Waals surface area contributed by atoms with Crippen LogP contribution in [0.4, 0.5) is 11.6 Å². The normalized spacial score (nSPS) is 13.6. The van der Waals surface area contributed by atoms with Gasteiger partial charge in [-0.2, -0.15) is 0 Å². The lowest BCUT2D eigenvalue weighted by Gasteiger charge is -2.17. The third-order valence-electron chi connectivity index (χ3n) is 4.89. The lowest BCUT2D eigenvalue weighted by molar-refractivity contribution is -0.113. The van der Waals surface area contributed by atoms with Gasteiger partial charge in [-0.05, 0) is 56.2 Å². The summed E-state index contributed by atoms with van der Waals surface area (Å²) in [6.45, 7) is 3.94. The van der Waals surface area contributed by atoms with Crippen molar-refractivity contribution in [2.24, 2.45) is 0 Å². The topological polar surface area (TPSA) is 93.3 Å². The molecule has 0 spiro atoms. The van der Waals surface area contributed by atoms with Gasteiger partial charge < -0.3 is 14.6 Å². The smallest absolute Gasteiger partial charge is 0.234 e. The van der Waals surface area contributed by atoms with Gasteiger partial charge in [0.1, 0.15) is 5.76 Å². The summed E-state index contributed by atoms with van der Waals surface area (Å²) in [5.74, 6) is 1.67. The van der Waals surface area contributed by atoms with Gasteiger partial charge in [0.2, 0.25) is 11.9 Å². The van der Waals surface area contributed by atoms with E-state index < -0.39 is 0 Å². The summed E-state index contributed by atoms with van der Waals surface area (Å²) in [5, 5.41) is 12.2. The highest BCUT2D eigenvalue weighted by Gasteiger charge is 2.22. The number of thioether (sulfide) groups is 1. The van der Waals surface area contributed by atoms with Gasteiger partial charge in [-0.1, -0.05) is 11.8 Å². The van der Waals surface area contributed by atoms with Crippen molar-refractivity contribution in [2.75, 3.05) is 29.1 Å². The Labute approximate surface area is 178 Å². The highest BCUT2D eigenvalue weighted by Crippen LogP contribution is 2.26. The molecule has 1 aliphatic heterocycles. The Morgan fingerprint density at radius 2 is 1.90 bits per heavy atom. The van der Waals surface area contributed by atoms with Crippen LogP contribution in [0, 0.1) is 0 Å². The summed E-state index contributed by atoms with van der Waals surface area (Å²) >= 11 is 1.34. The van der Waals surface area contributed by atoms with Gasteiger partial charge in [-0.25, -0.2) is 0 Å². The van der Waals surface area contributed by atoms with Crippen molar-refractivity contribution in [1.82, 2.24) is 14.8 Å². The van der Waals surface area contributed by atoms with Crippen LogP contribution in [0.2, 0.25) is 0 Å². The zero-order valence-electron chi connectivity index (χ0n) is 16.7. The highest BCUT2D eigenvalue weighted by molar-refractivity contribution is 7.99. The van der Waals surface area contributed by atoms with E-state index >= 15 is 0 Å². The minimum atomic E-state index is -0.147. The number of anilines is 2. The maximum Gasteiger partial charge on any atom is 0.234 e. The molecule has 0 unspecified atom stereocenters. The molecule has 3 heterocycles. The predicted molar refractivity (Wildman–Crippen MR) is 115 cm³/mol. The van der Waals surface area contributed by atoms with Crippen LogP contribution in [0.5, 0.6) is 0 Å². The summed E-state index contributed by atoms with van der Waals surface area (Å²) in [6.07, 6.45) is 3.93. The summed E-state index contributed by atoms with van der Waals surface area (Å²) < 4.78 is 7.51. The molecule has 156 valence electrons. The van der Waals surface area contributed by atoms with Crippen LogP contribution >= 0.6 is 11.8 Å². The number of Topliss-reactive ketones (excluding diaryl/α,β-unsaturated/α-hetero) is 1. The number of ketones is 1. The van der Waals surface area contributed by atoms with Gasteiger partial charge in [0.25, 0.3) is 0 Å². The van der Waals surface area contributed by atoms with Gasteiger partial charge in [-0.15, -0.1) is 10.2 Å². The molecule has 1 saturated heterocycles. The van der Waals surface area contributed by atoms with Gasteiger partial charge in [0, 0.05) is 24.3 Å². The molecule has 1 fully saturated rings. The first kappa shape index (κ1) is 20.2. The minimum Gasteiger partial charge on any atom is -0.467 e. The number of amides is 1. The van der Waals surface area contributed by atoms with Crippen molar-refractivity contribution >= 4 is 35.1 Å². The predicted octanol–water partition coefficient (Wildman–Crippen LogP) is 3.45. The van der Waals surface area contributed by atoms with Crippen LogP contribution in [0.3, 0.4) is 0 Å². The Morgan fingerprint density at radius 1 is 1.13 bits per heavy atom. The molecule has 1 amide bonds. The average Bonchev–Trinajstić information content (AvgIpc) is 3.50. The van der Waals surface area contributed by atoms with Gasteiger partial charge >= 0.3 is 0 Å². The van der Waals surface area contributed by atoms with E-state index in [0.29, 0.717) is 23.0 Å². The van der Waals surface area contributed by atoms with E-state index in [1.54, 1.807) is 30.5 Å². The van der Waals surface area contributed by atoms with Gasteiger partial charge in [0.15, 0.2) is 10.9 Å². The van der Waals surface area contributed by atoms with Crippen LogP contribution in [-0.2, 0) is 11.3 Å². The number of carbonyl (C=O) groups is 2. The number of nitrogens with one attached hydrogen (secondary N) is 1. The van der Waals surface area contributed by atoms with Crippen molar-refractivity contribution in [3.05, 3.63) is 54.0 Å². The quantitative estimate of drug-likeness (QED) is 0.436. The van der Waals surface area contributed by atoms with Crippen molar-refractivity contribution in [1.29, 1.82) is 0 Å². The van der Waals surface area contributed by atoms with Crippen LogP contribution in [0.15, 0.2) is 52.2 Å². The van der Waals surface area contributed by atoms with Crippen LogP contribution in [-0.4, -0.2) is 45.3 Å². The second-order valence-corrected chi connectivity index (χ2v) is 8.06. The summed E-state index contributed by atoms with van der Waals surface area (Å²) in [5.41, 5.74) is 1.27. The van der Waals surface area contributed by atoms with Crippen LogP contribution < -0.4 is 10.2 Å². The van der Waals surface area contributed by atoms with E-state index in [2.05, 4.69) is 20.4 Å². The number of rotatable bonds is 8. The third kappa shape index (κ3) is 4.73. The Balaban J connectivity index is 1.43. The first-order valence-corrected chi connectivity index (χ1v) is 10.8. The lowest BCUT2D eigenvalue weighted by Crippen LogP contribution is -2.22. The SMILES string of the molecule is CC(=O)c1ccc(NC(=O)CSc2nnc(N3CCCC3)n2Cc2ccco2)cc1. The molecule has 4 rings (SSSR count). The fraction of sp³-hybridized carbons (Fsp3) is 0.333. The maximum absolute atomic E-state index is 12.4. The number of furan rings is 1. The lowest BCUT2D eigenvalue weighted by atomic mass is 10.1. The van der Waals surface area contributed by atoms with Crippen LogP contribution in [0.1, 0.15) is 35.9 Å². The number of hydrogen-bond acceptors (Lipinski definition) is 7. The van der Waals surface area contributed by atoms with E-state index in [4.69, 9.17) is 4.42 Å². The van der Waals surface area contributed by atoms with Crippen molar-refractivity contribution in [3.63, 3.8) is 0 Å². The maximum atomic E-state index is 12.4. The molecule has 0 radical (unpaired) electrons. The molecular formula is C21H23N5O3S. The number of benzene rings is 1. The Kier molecular flexibility index (Phi) is 6.18. The molecule has 9 heteroatoms. The number of hydrogen-bond donors (Lipinski definition) is 1. The first-order valence-electron chi connectivity index (χ1n) is 9.84. The fourth-order valence-corrected chi connectivity index (χ4v) is 4.08. The molecule has 0 bridgehead atoms. The average molecular weight is 426 g/mol. The molecule has 0 atom stereocenters. The zero-order chi connectivity index (χ0) is 20.9. The Morgan fingerprint density at radius 3 is 2.57 bits per heavy atom. The first-order chi connectivity index (χ1) is 14.6. The van der Waals surface area contributed by atoms with Crippen molar-refractivity contribution in [3.8, 4) is 0 Å². The molecule has 30 heavy (non-hydrogen) atoms. The van der Waals surface area contributed by atoms with E-state index in [1.807, 2.05) is 16.7 Å². The Hall–Kier alpha value is -3.07. The fourth-order valence-electron chi connectivity index (χ4n) is 3.35. The van der Waals surface area contributed by atoms with E-state index in [9.17, 15) is 9.59 Å². The Bertz CT molecular complexity index is 1010. The zero-order valence-corrected chi connectivity index (χ0v) is 17.5.